The fraction of sp³-hybridized carbons (Fsp3) is 0.426. The van der Waals surface area contributed by atoms with Crippen LogP contribution in [-0.2, 0) is 28.6 Å². The molecule has 0 aromatic rings. The molecule has 0 saturated carbocycles. The highest BCUT2D eigenvalue weighted by atomic mass is 16.6. The molecule has 0 spiro atoms. The zero-order chi connectivity index (χ0) is 48.6. The molecule has 1 unspecified atom stereocenters. The maximum atomic E-state index is 12.8. The molecule has 0 saturated heterocycles. The summed E-state index contributed by atoms with van der Waals surface area (Å²) in [4.78, 5) is 38.0. The Morgan fingerprint density at radius 3 is 0.851 bits per heavy atom. The lowest BCUT2D eigenvalue weighted by atomic mass is 10.1. The van der Waals surface area contributed by atoms with Crippen LogP contribution in [0.5, 0.6) is 0 Å². The molecule has 0 radical (unpaired) electrons. The molecule has 0 fully saturated rings. The molecule has 0 aromatic heterocycles. The minimum Gasteiger partial charge on any atom is -0.462 e. The summed E-state index contributed by atoms with van der Waals surface area (Å²) < 4.78 is 16.7. The Morgan fingerprint density at radius 1 is 0.299 bits per heavy atom. The van der Waals surface area contributed by atoms with E-state index >= 15 is 0 Å². The van der Waals surface area contributed by atoms with E-state index in [1.807, 2.05) is 140 Å². The summed E-state index contributed by atoms with van der Waals surface area (Å²) in [6.45, 7) is 6.07. The van der Waals surface area contributed by atoms with Gasteiger partial charge in [-0.05, 0) is 77.0 Å². The van der Waals surface area contributed by atoms with Crippen LogP contribution in [0.4, 0.5) is 0 Å². The van der Waals surface area contributed by atoms with Gasteiger partial charge in [0.05, 0.1) is 0 Å². The first-order valence-electron chi connectivity index (χ1n) is 25.2. The maximum Gasteiger partial charge on any atom is 0.306 e. The van der Waals surface area contributed by atoms with E-state index in [1.165, 1.54) is 0 Å². The molecule has 0 aliphatic carbocycles. The third kappa shape index (κ3) is 51.1. The Balaban J connectivity index is 4.67. The number of carbonyl (C=O) groups excluding carboxylic acids is 3. The highest BCUT2D eigenvalue weighted by molar-refractivity contribution is 5.71. The predicted octanol–water partition coefficient (Wildman–Crippen LogP) is 16.7. The summed E-state index contributed by atoms with van der Waals surface area (Å²) in [7, 11) is 0. The third-order valence-corrected chi connectivity index (χ3v) is 9.49. The Kier molecular flexibility index (Phi) is 48.3. The number of rotatable bonds is 41. The first-order chi connectivity index (χ1) is 33.0. The SMILES string of the molecule is CC/C=C/C=C/C=C/C=C/C=C/C=C/C=C/CCCCCC(=O)OCC(COC(=O)CCCCCCC/C=C/C=C/C=C/CC)OC(=O)CCCCC/C=C/C=C/C=C/C=C/C=C/C=C/CC. The average molecular weight is 915 g/mol. The smallest absolute Gasteiger partial charge is 0.306 e. The van der Waals surface area contributed by atoms with Crippen molar-refractivity contribution >= 4 is 17.9 Å². The normalized spacial score (nSPS) is 13.8. The zero-order valence-corrected chi connectivity index (χ0v) is 41.6. The fourth-order valence-corrected chi connectivity index (χ4v) is 5.81. The summed E-state index contributed by atoms with van der Waals surface area (Å²) >= 11 is 0. The summed E-state index contributed by atoms with van der Waals surface area (Å²) in [6.07, 6.45) is 81.1. The number of carbonyl (C=O) groups is 3. The second-order valence-electron chi connectivity index (χ2n) is 15.6. The zero-order valence-electron chi connectivity index (χ0n) is 41.6. The molecule has 0 amide bonds. The van der Waals surface area contributed by atoms with E-state index in [0.29, 0.717) is 19.3 Å². The molecule has 366 valence electrons. The Bertz CT molecular complexity index is 1710. The predicted molar refractivity (Wildman–Crippen MR) is 287 cm³/mol. The van der Waals surface area contributed by atoms with Crippen molar-refractivity contribution in [3.8, 4) is 0 Å². The molecule has 0 aliphatic heterocycles. The first kappa shape index (κ1) is 61.2. The van der Waals surface area contributed by atoms with Gasteiger partial charge in [-0.1, -0.05) is 247 Å². The quantitative estimate of drug-likeness (QED) is 0.0263. The highest BCUT2D eigenvalue weighted by Gasteiger charge is 2.19. The highest BCUT2D eigenvalue weighted by Crippen LogP contribution is 2.11. The van der Waals surface area contributed by atoms with E-state index in [0.717, 1.165) is 96.3 Å². The van der Waals surface area contributed by atoms with Gasteiger partial charge < -0.3 is 14.2 Å². The topological polar surface area (TPSA) is 78.9 Å². The first-order valence-corrected chi connectivity index (χ1v) is 25.2. The molecule has 0 bridgehead atoms. The van der Waals surface area contributed by atoms with E-state index in [9.17, 15) is 14.4 Å². The summed E-state index contributed by atoms with van der Waals surface area (Å²) in [6, 6.07) is 0. The van der Waals surface area contributed by atoms with Crippen LogP contribution in [0.15, 0.2) is 194 Å². The van der Waals surface area contributed by atoms with Gasteiger partial charge in [-0.15, -0.1) is 0 Å². The van der Waals surface area contributed by atoms with E-state index in [-0.39, 0.29) is 44.0 Å². The molecular weight excluding hydrogens is 829 g/mol. The van der Waals surface area contributed by atoms with E-state index < -0.39 is 6.10 Å². The van der Waals surface area contributed by atoms with Gasteiger partial charge in [0.15, 0.2) is 6.10 Å². The van der Waals surface area contributed by atoms with Gasteiger partial charge in [0.2, 0.25) is 0 Å². The van der Waals surface area contributed by atoms with Crippen LogP contribution in [0.2, 0.25) is 0 Å². The van der Waals surface area contributed by atoms with Gasteiger partial charge in [0.25, 0.3) is 0 Å². The second-order valence-corrected chi connectivity index (χ2v) is 15.6. The Hall–Kier alpha value is -5.75. The van der Waals surface area contributed by atoms with Gasteiger partial charge in [0, 0.05) is 19.3 Å². The van der Waals surface area contributed by atoms with Crippen LogP contribution >= 0.6 is 0 Å². The van der Waals surface area contributed by atoms with Gasteiger partial charge >= 0.3 is 17.9 Å². The van der Waals surface area contributed by atoms with Crippen LogP contribution in [0.1, 0.15) is 149 Å². The number of esters is 3. The summed E-state index contributed by atoms with van der Waals surface area (Å²) in [5, 5.41) is 0. The molecule has 0 rings (SSSR count). The monoisotopic (exact) mass is 915 g/mol. The molecule has 6 heteroatoms. The van der Waals surface area contributed by atoms with E-state index in [1.54, 1.807) is 0 Å². The van der Waals surface area contributed by atoms with Crippen LogP contribution < -0.4 is 0 Å². The van der Waals surface area contributed by atoms with Gasteiger partial charge in [-0.3, -0.25) is 14.4 Å². The molecule has 0 aliphatic rings. The lowest BCUT2D eigenvalue weighted by molar-refractivity contribution is -0.167. The number of allylic oxidation sites excluding steroid dienone is 32. The van der Waals surface area contributed by atoms with Crippen molar-refractivity contribution in [1.82, 2.24) is 0 Å². The van der Waals surface area contributed by atoms with Gasteiger partial charge in [0.1, 0.15) is 13.2 Å². The van der Waals surface area contributed by atoms with Crippen LogP contribution in [0, 0.1) is 0 Å². The minimum atomic E-state index is -0.842. The molecule has 6 nitrogen and oxygen atoms in total. The standard InChI is InChI=1S/C61H86O6/c1-4-7-10-13-16-19-22-25-27-29-30-32-33-36-39-42-45-48-51-54-60(63)66-57-58(56-65-59(62)53-50-47-44-41-38-35-24-21-18-15-12-9-6-3)67-61(64)55-52-49-46-43-40-37-34-31-28-26-23-20-17-14-11-8-5-2/h7-34,36-37,39-40,58H,4-6,35,38,41-57H2,1-3H3/b10-7+,11-8+,12-9+,16-13+,17-14+,18-15+,22-19+,23-20+,24-21+,27-25+,28-26+,30-29+,33-32+,34-31+,39-36+,40-37+. The minimum absolute atomic E-state index is 0.135. The molecule has 1 atom stereocenters. The largest absolute Gasteiger partial charge is 0.462 e. The van der Waals surface area contributed by atoms with Crippen molar-refractivity contribution in [3.63, 3.8) is 0 Å². The number of ether oxygens (including phenoxy) is 3. The van der Waals surface area contributed by atoms with Gasteiger partial charge in [-0.2, -0.15) is 0 Å². The van der Waals surface area contributed by atoms with Crippen LogP contribution in [0.25, 0.3) is 0 Å². The fourth-order valence-electron chi connectivity index (χ4n) is 5.81. The maximum absolute atomic E-state index is 12.8. The van der Waals surface area contributed by atoms with Crippen molar-refractivity contribution in [2.75, 3.05) is 13.2 Å². The van der Waals surface area contributed by atoms with Crippen molar-refractivity contribution in [3.05, 3.63) is 194 Å². The van der Waals surface area contributed by atoms with E-state index in [2.05, 4.69) is 75.5 Å². The second kappa shape index (κ2) is 52.9. The van der Waals surface area contributed by atoms with Gasteiger partial charge in [-0.25, -0.2) is 0 Å². The number of hydrogen-bond acceptors (Lipinski definition) is 6. The lowest BCUT2D eigenvalue weighted by Gasteiger charge is -2.18. The van der Waals surface area contributed by atoms with E-state index in [4.69, 9.17) is 14.2 Å². The van der Waals surface area contributed by atoms with Crippen LogP contribution in [0.3, 0.4) is 0 Å². The molecule has 0 N–H and O–H groups in total. The summed E-state index contributed by atoms with van der Waals surface area (Å²) in [5.74, 6) is -1.07. The molecule has 0 heterocycles. The Morgan fingerprint density at radius 2 is 0.537 bits per heavy atom. The number of hydrogen-bond donors (Lipinski definition) is 0. The summed E-state index contributed by atoms with van der Waals surface area (Å²) in [5.41, 5.74) is 0. The van der Waals surface area contributed by atoms with Crippen molar-refractivity contribution in [2.24, 2.45) is 0 Å². The molecular formula is C61H86O6. The molecule has 0 aromatic carbocycles. The van der Waals surface area contributed by atoms with Crippen molar-refractivity contribution in [2.45, 2.75) is 155 Å². The third-order valence-electron chi connectivity index (χ3n) is 9.49. The van der Waals surface area contributed by atoms with Crippen molar-refractivity contribution in [1.29, 1.82) is 0 Å². The van der Waals surface area contributed by atoms with Crippen molar-refractivity contribution < 1.29 is 28.6 Å². The van der Waals surface area contributed by atoms with Crippen LogP contribution in [-0.4, -0.2) is 37.2 Å². The Labute approximate surface area is 407 Å². The molecule has 67 heavy (non-hydrogen) atoms. The average Bonchev–Trinajstić information content (AvgIpc) is 3.33. The lowest BCUT2D eigenvalue weighted by Crippen LogP contribution is -2.30. The number of unbranched alkanes of at least 4 members (excludes halogenated alkanes) is 11.